The Morgan fingerprint density at radius 2 is 2.10 bits per heavy atom. The molecule has 1 N–H and O–H groups in total. The molecule has 2 rings (SSSR count). The molecule has 0 unspecified atom stereocenters. The van der Waals surface area contributed by atoms with E-state index in [2.05, 4.69) is 31.2 Å². The van der Waals surface area contributed by atoms with Crippen molar-refractivity contribution in [3.8, 4) is 5.69 Å². The van der Waals surface area contributed by atoms with E-state index in [1.54, 1.807) is 10.7 Å². The molecule has 0 bridgehead atoms. The zero-order valence-electron chi connectivity index (χ0n) is 12.4. The number of hydrogen-bond acceptors (Lipinski definition) is 2. The predicted octanol–water partition coefficient (Wildman–Crippen LogP) is 3.63. The van der Waals surface area contributed by atoms with Crippen molar-refractivity contribution in [1.29, 1.82) is 0 Å². The summed E-state index contributed by atoms with van der Waals surface area (Å²) in [6.45, 7) is 7.85. The highest BCUT2D eigenvalue weighted by Gasteiger charge is 2.12. The van der Waals surface area contributed by atoms with Gasteiger partial charge in [0, 0.05) is 12.7 Å². The second-order valence-corrected chi connectivity index (χ2v) is 5.26. The quantitative estimate of drug-likeness (QED) is 0.816. The topological polar surface area (TPSA) is 29.9 Å². The van der Waals surface area contributed by atoms with Crippen LogP contribution in [0.4, 0.5) is 4.39 Å². The highest BCUT2D eigenvalue weighted by atomic mass is 19.1. The number of nitrogens with one attached hydrogen (secondary N) is 1. The number of rotatable bonds is 6. The number of nitrogens with zero attached hydrogens (tertiary/aromatic N) is 2. The number of para-hydroxylation sites is 1. The van der Waals surface area contributed by atoms with Crippen LogP contribution in [0.1, 0.15) is 44.4 Å². The summed E-state index contributed by atoms with van der Waals surface area (Å²) in [5, 5.41) is 7.79. The summed E-state index contributed by atoms with van der Waals surface area (Å²) in [6, 6.07) is 7.11. The molecule has 2 aromatic rings. The maximum Gasteiger partial charge on any atom is 0.149 e. The Balaban J connectivity index is 2.33. The predicted molar refractivity (Wildman–Crippen MR) is 79.6 cm³/mol. The molecule has 1 aromatic heterocycles. The van der Waals surface area contributed by atoms with Crippen LogP contribution < -0.4 is 5.32 Å². The lowest BCUT2D eigenvalue weighted by atomic mass is 10.1. The first-order chi connectivity index (χ1) is 9.63. The maximum absolute atomic E-state index is 14.2. The van der Waals surface area contributed by atoms with Crippen LogP contribution in [0.15, 0.2) is 30.5 Å². The van der Waals surface area contributed by atoms with E-state index in [-0.39, 0.29) is 5.82 Å². The minimum atomic E-state index is -0.237. The molecule has 0 aliphatic rings. The van der Waals surface area contributed by atoms with Crippen LogP contribution in [0.2, 0.25) is 0 Å². The largest absolute Gasteiger partial charge is 0.313 e. The van der Waals surface area contributed by atoms with E-state index in [1.807, 2.05) is 18.3 Å². The molecule has 0 amide bonds. The zero-order chi connectivity index (χ0) is 14.5. The lowest BCUT2D eigenvalue weighted by molar-refractivity contribution is 0.597. The van der Waals surface area contributed by atoms with Crippen molar-refractivity contribution in [2.24, 2.45) is 0 Å². The summed E-state index contributed by atoms with van der Waals surface area (Å²) in [5.74, 6) is 0.101. The van der Waals surface area contributed by atoms with Crippen molar-refractivity contribution < 1.29 is 4.39 Å². The van der Waals surface area contributed by atoms with Crippen LogP contribution in [-0.2, 0) is 6.54 Å². The minimum absolute atomic E-state index is 0.237. The Labute approximate surface area is 119 Å². The summed E-state index contributed by atoms with van der Waals surface area (Å²) < 4.78 is 15.8. The lowest BCUT2D eigenvalue weighted by Gasteiger charge is -2.11. The van der Waals surface area contributed by atoms with Crippen molar-refractivity contribution in [3.63, 3.8) is 0 Å². The van der Waals surface area contributed by atoms with Crippen LogP contribution in [0.3, 0.4) is 0 Å². The minimum Gasteiger partial charge on any atom is -0.313 e. The van der Waals surface area contributed by atoms with E-state index < -0.39 is 0 Å². The molecular formula is C16H22FN3. The first-order valence-electron chi connectivity index (χ1n) is 7.17. The summed E-state index contributed by atoms with van der Waals surface area (Å²) in [4.78, 5) is 0. The number of benzene rings is 1. The first-order valence-corrected chi connectivity index (χ1v) is 7.17. The van der Waals surface area contributed by atoms with Crippen molar-refractivity contribution >= 4 is 0 Å². The normalized spacial score (nSPS) is 11.2. The molecule has 0 saturated carbocycles. The van der Waals surface area contributed by atoms with Crippen LogP contribution in [0, 0.1) is 5.82 Å². The molecule has 0 aliphatic heterocycles. The van der Waals surface area contributed by atoms with Gasteiger partial charge in [-0.25, -0.2) is 9.07 Å². The second kappa shape index (κ2) is 6.66. The molecule has 0 fully saturated rings. The lowest BCUT2D eigenvalue weighted by Crippen LogP contribution is -2.16. The van der Waals surface area contributed by atoms with E-state index >= 15 is 0 Å². The first kappa shape index (κ1) is 14.7. The monoisotopic (exact) mass is 275 g/mol. The number of hydrogen-bond donors (Lipinski definition) is 1. The molecule has 20 heavy (non-hydrogen) atoms. The van der Waals surface area contributed by atoms with Crippen LogP contribution in [0.25, 0.3) is 5.69 Å². The van der Waals surface area contributed by atoms with Gasteiger partial charge in [0.05, 0.1) is 5.69 Å². The summed E-state index contributed by atoms with van der Waals surface area (Å²) in [6.07, 6.45) is 2.89. The Bertz CT molecular complexity index is 561. The fourth-order valence-electron chi connectivity index (χ4n) is 2.13. The molecule has 4 heteroatoms. The Hall–Kier alpha value is -1.68. The van der Waals surface area contributed by atoms with Crippen molar-refractivity contribution in [2.75, 3.05) is 6.54 Å². The van der Waals surface area contributed by atoms with Gasteiger partial charge in [-0.05, 0) is 36.6 Å². The van der Waals surface area contributed by atoms with Gasteiger partial charge in [0.15, 0.2) is 0 Å². The average Bonchev–Trinajstić information content (AvgIpc) is 2.88. The van der Waals surface area contributed by atoms with E-state index in [0.717, 1.165) is 24.2 Å². The molecule has 0 radical (unpaired) electrons. The molecule has 3 nitrogen and oxygen atoms in total. The van der Waals surface area contributed by atoms with E-state index in [0.29, 0.717) is 18.2 Å². The van der Waals surface area contributed by atoms with Gasteiger partial charge in [-0.3, -0.25) is 0 Å². The summed E-state index contributed by atoms with van der Waals surface area (Å²) in [7, 11) is 0. The van der Waals surface area contributed by atoms with Gasteiger partial charge in [-0.1, -0.05) is 32.9 Å². The zero-order valence-corrected chi connectivity index (χ0v) is 12.4. The maximum atomic E-state index is 14.2. The third-order valence-corrected chi connectivity index (χ3v) is 3.24. The van der Waals surface area contributed by atoms with E-state index in [1.165, 1.54) is 6.07 Å². The molecule has 108 valence electrons. The number of halogens is 1. The third kappa shape index (κ3) is 3.25. The van der Waals surface area contributed by atoms with E-state index in [9.17, 15) is 4.39 Å². The van der Waals surface area contributed by atoms with Gasteiger partial charge in [0.1, 0.15) is 11.5 Å². The molecule has 0 aliphatic carbocycles. The molecule has 0 saturated heterocycles. The summed E-state index contributed by atoms with van der Waals surface area (Å²) in [5.41, 5.74) is 2.44. The SMILES string of the molecule is CCCNCc1cccc(F)c1-n1ccc(C(C)C)n1. The van der Waals surface area contributed by atoms with E-state index in [4.69, 9.17) is 0 Å². The average molecular weight is 275 g/mol. The highest BCUT2D eigenvalue weighted by molar-refractivity contribution is 5.42. The van der Waals surface area contributed by atoms with Gasteiger partial charge in [-0.15, -0.1) is 0 Å². The Morgan fingerprint density at radius 1 is 1.30 bits per heavy atom. The Morgan fingerprint density at radius 3 is 2.75 bits per heavy atom. The standard InChI is InChI=1S/C16H22FN3/c1-4-9-18-11-13-6-5-7-14(17)16(13)20-10-8-15(19-20)12(2)3/h5-8,10,12,18H,4,9,11H2,1-3H3. The second-order valence-electron chi connectivity index (χ2n) is 5.26. The summed E-state index contributed by atoms with van der Waals surface area (Å²) >= 11 is 0. The van der Waals surface area contributed by atoms with Crippen molar-refractivity contribution in [3.05, 3.63) is 47.5 Å². The van der Waals surface area contributed by atoms with Crippen LogP contribution >= 0.6 is 0 Å². The van der Waals surface area contributed by atoms with Crippen LogP contribution in [0.5, 0.6) is 0 Å². The van der Waals surface area contributed by atoms with Gasteiger partial charge < -0.3 is 5.32 Å². The smallest absolute Gasteiger partial charge is 0.149 e. The van der Waals surface area contributed by atoms with Crippen LogP contribution in [-0.4, -0.2) is 16.3 Å². The molecule has 0 atom stereocenters. The Kier molecular flexibility index (Phi) is 4.90. The molecule has 1 heterocycles. The fraction of sp³-hybridized carbons (Fsp3) is 0.438. The molecule has 1 aromatic carbocycles. The van der Waals surface area contributed by atoms with Gasteiger partial charge in [0.25, 0.3) is 0 Å². The molecule has 0 spiro atoms. The fourth-order valence-corrected chi connectivity index (χ4v) is 2.13. The van der Waals surface area contributed by atoms with Crippen molar-refractivity contribution in [2.45, 2.75) is 39.7 Å². The third-order valence-electron chi connectivity index (χ3n) is 3.24. The molecular weight excluding hydrogens is 253 g/mol. The van der Waals surface area contributed by atoms with Gasteiger partial charge in [0.2, 0.25) is 0 Å². The van der Waals surface area contributed by atoms with Gasteiger partial charge in [-0.2, -0.15) is 5.10 Å². The number of aromatic nitrogens is 2. The van der Waals surface area contributed by atoms with Crippen molar-refractivity contribution in [1.82, 2.24) is 15.1 Å². The highest BCUT2D eigenvalue weighted by Crippen LogP contribution is 2.20. The van der Waals surface area contributed by atoms with Gasteiger partial charge >= 0.3 is 0 Å².